The Kier molecular flexibility index (Phi) is 6.83. The number of halogens is 1. The summed E-state index contributed by atoms with van der Waals surface area (Å²) in [5.41, 5.74) is 0. The van der Waals surface area contributed by atoms with Gasteiger partial charge in [-0.1, -0.05) is 11.6 Å². The Morgan fingerprint density at radius 1 is 1.19 bits per heavy atom. The highest BCUT2D eigenvalue weighted by atomic mass is 35.5. The number of hydrogen-bond acceptors (Lipinski definition) is 4. The lowest BCUT2D eigenvalue weighted by molar-refractivity contribution is -0.128. The largest absolute Gasteiger partial charge is 0.395 e. The van der Waals surface area contributed by atoms with Crippen molar-refractivity contribution >= 4 is 29.3 Å². The number of carbonyl (C=O) groups is 1. The van der Waals surface area contributed by atoms with E-state index in [4.69, 9.17) is 16.7 Å². The van der Waals surface area contributed by atoms with Crippen LogP contribution in [0.15, 0.2) is 29.2 Å². The number of hydrogen-bond donors (Lipinski definition) is 1. The van der Waals surface area contributed by atoms with Crippen molar-refractivity contribution in [1.82, 2.24) is 9.80 Å². The van der Waals surface area contributed by atoms with E-state index in [9.17, 15) is 4.79 Å². The normalized spacial score (nSPS) is 16.8. The van der Waals surface area contributed by atoms with Gasteiger partial charge in [0.15, 0.2) is 0 Å². The maximum atomic E-state index is 12.3. The highest BCUT2D eigenvalue weighted by molar-refractivity contribution is 8.00. The number of carbonyl (C=O) groups excluding carboxylic acids is 1. The van der Waals surface area contributed by atoms with E-state index in [1.54, 1.807) is 11.8 Å². The van der Waals surface area contributed by atoms with Crippen LogP contribution in [0.3, 0.4) is 0 Å². The molecule has 0 bridgehead atoms. The van der Waals surface area contributed by atoms with E-state index in [0.717, 1.165) is 37.5 Å². The van der Waals surface area contributed by atoms with E-state index in [1.165, 1.54) is 0 Å². The summed E-state index contributed by atoms with van der Waals surface area (Å²) in [7, 11) is 0. The molecule has 0 aromatic heterocycles. The van der Waals surface area contributed by atoms with Crippen LogP contribution >= 0.6 is 23.4 Å². The van der Waals surface area contributed by atoms with Crippen molar-refractivity contribution in [2.24, 2.45) is 0 Å². The second kappa shape index (κ2) is 8.63. The lowest BCUT2D eigenvalue weighted by Gasteiger charge is -2.21. The summed E-state index contributed by atoms with van der Waals surface area (Å²) in [6, 6.07) is 7.55. The number of benzene rings is 1. The Labute approximate surface area is 135 Å². The van der Waals surface area contributed by atoms with Crippen LogP contribution in [-0.2, 0) is 4.79 Å². The Balaban J connectivity index is 1.79. The third-order valence-electron chi connectivity index (χ3n) is 3.53. The summed E-state index contributed by atoms with van der Waals surface area (Å²) in [5, 5.41) is 9.69. The molecule has 0 atom stereocenters. The number of aliphatic hydroxyl groups excluding tert-OH is 1. The number of amides is 1. The summed E-state index contributed by atoms with van der Waals surface area (Å²) >= 11 is 7.39. The van der Waals surface area contributed by atoms with Crippen molar-refractivity contribution in [1.29, 1.82) is 0 Å². The molecule has 2 rings (SSSR count). The summed E-state index contributed by atoms with van der Waals surface area (Å²) in [4.78, 5) is 17.5. The average Bonchev–Trinajstić information content (AvgIpc) is 2.72. The predicted molar refractivity (Wildman–Crippen MR) is 86.9 cm³/mol. The molecule has 1 heterocycles. The molecule has 0 spiro atoms. The van der Waals surface area contributed by atoms with Gasteiger partial charge in [0, 0.05) is 36.1 Å². The van der Waals surface area contributed by atoms with Crippen LogP contribution in [0.4, 0.5) is 0 Å². The Morgan fingerprint density at radius 3 is 2.67 bits per heavy atom. The Morgan fingerprint density at radius 2 is 1.95 bits per heavy atom. The van der Waals surface area contributed by atoms with Crippen molar-refractivity contribution in [3.8, 4) is 0 Å². The number of rotatable bonds is 5. The van der Waals surface area contributed by atoms with Gasteiger partial charge in [-0.25, -0.2) is 0 Å². The molecule has 1 aromatic carbocycles. The first kappa shape index (κ1) is 16.6. The number of thioether (sulfide) groups is 1. The average molecular weight is 329 g/mol. The molecule has 0 aliphatic carbocycles. The number of β-amino-alcohol motifs (C(OH)–C–C–N with tert-alkyl or cyclic N) is 1. The van der Waals surface area contributed by atoms with E-state index in [0.29, 0.717) is 17.3 Å². The van der Waals surface area contributed by atoms with E-state index in [1.807, 2.05) is 29.2 Å². The molecular weight excluding hydrogens is 308 g/mol. The van der Waals surface area contributed by atoms with Gasteiger partial charge >= 0.3 is 0 Å². The Hall–Kier alpha value is -0.750. The van der Waals surface area contributed by atoms with Gasteiger partial charge in [-0.3, -0.25) is 9.69 Å². The monoisotopic (exact) mass is 328 g/mol. The molecule has 1 fully saturated rings. The first-order valence-electron chi connectivity index (χ1n) is 7.18. The summed E-state index contributed by atoms with van der Waals surface area (Å²) < 4.78 is 0. The van der Waals surface area contributed by atoms with Crippen molar-refractivity contribution in [3.63, 3.8) is 0 Å². The fraction of sp³-hybridized carbons (Fsp3) is 0.533. The van der Waals surface area contributed by atoms with Crippen LogP contribution in [0.5, 0.6) is 0 Å². The molecule has 116 valence electrons. The van der Waals surface area contributed by atoms with Gasteiger partial charge in [0.2, 0.25) is 5.91 Å². The van der Waals surface area contributed by atoms with Crippen molar-refractivity contribution < 1.29 is 9.90 Å². The molecule has 0 unspecified atom stereocenters. The van der Waals surface area contributed by atoms with Crippen molar-refractivity contribution in [2.75, 3.05) is 45.1 Å². The summed E-state index contributed by atoms with van der Waals surface area (Å²) in [6.07, 6.45) is 0.970. The third-order valence-corrected chi connectivity index (χ3v) is 4.78. The first-order chi connectivity index (χ1) is 10.2. The second-order valence-electron chi connectivity index (χ2n) is 5.04. The summed E-state index contributed by atoms with van der Waals surface area (Å²) in [5.74, 6) is 0.641. The first-order valence-corrected chi connectivity index (χ1v) is 8.55. The van der Waals surface area contributed by atoms with E-state index in [2.05, 4.69) is 4.90 Å². The fourth-order valence-electron chi connectivity index (χ4n) is 2.35. The molecule has 1 saturated heterocycles. The van der Waals surface area contributed by atoms with Gasteiger partial charge in [0.05, 0.1) is 12.4 Å². The van der Waals surface area contributed by atoms with Gasteiger partial charge in [-0.2, -0.15) is 0 Å². The molecule has 1 N–H and O–H groups in total. The molecule has 1 aliphatic heterocycles. The molecule has 4 nitrogen and oxygen atoms in total. The van der Waals surface area contributed by atoms with Gasteiger partial charge in [0.25, 0.3) is 0 Å². The van der Waals surface area contributed by atoms with E-state index < -0.39 is 0 Å². The third kappa shape index (κ3) is 5.51. The molecule has 1 aromatic rings. The minimum absolute atomic E-state index is 0.181. The van der Waals surface area contributed by atoms with Gasteiger partial charge in [-0.15, -0.1) is 11.8 Å². The molecule has 0 radical (unpaired) electrons. The number of aliphatic hydroxyl groups is 1. The quantitative estimate of drug-likeness (QED) is 0.839. The zero-order valence-electron chi connectivity index (χ0n) is 12.0. The smallest absolute Gasteiger partial charge is 0.232 e. The SMILES string of the molecule is O=C(CSc1ccc(Cl)cc1)N1CCCN(CCO)CC1. The standard InChI is InChI=1S/C15H21ClN2O2S/c16-13-2-4-14(5-3-13)21-12-15(20)18-7-1-6-17(8-9-18)10-11-19/h2-5,19H,1,6-12H2. The Bertz CT molecular complexity index is 455. The van der Waals surface area contributed by atoms with Crippen LogP contribution in [0, 0.1) is 0 Å². The molecule has 0 saturated carbocycles. The second-order valence-corrected chi connectivity index (χ2v) is 6.53. The molecule has 1 amide bonds. The molecule has 1 aliphatic rings. The number of nitrogens with zero attached hydrogens (tertiary/aromatic N) is 2. The maximum absolute atomic E-state index is 12.3. The van der Waals surface area contributed by atoms with Crippen LogP contribution in [0.1, 0.15) is 6.42 Å². The van der Waals surface area contributed by atoms with Crippen LogP contribution in [0.25, 0.3) is 0 Å². The predicted octanol–water partition coefficient (Wildman–Crippen LogP) is 1.96. The molecular formula is C15H21ClN2O2S. The highest BCUT2D eigenvalue weighted by Crippen LogP contribution is 2.20. The van der Waals surface area contributed by atoms with E-state index in [-0.39, 0.29) is 12.5 Å². The fourth-order valence-corrected chi connectivity index (χ4v) is 3.28. The molecule has 6 heteroatoms. The van der Waals surface area contributed by atoms with Gasteiger partial charge in [0.1, 0.15) is 0 Å². The van der Waals surface area contributed by atoms with Gasteiger partial charge in [-0.05, 0) is 37.2 Å². The minimum atomic E-state index is 0.181. The molecule has 21 heavy (non-hydrogen) atoms. The van der Waals surface area contributed by atoms with Crippen molar-refractivity contribution in [3.05, 3.63) is 29.3 Å². The summed E-state index contributed by atoms with van der Waals surface area (Å²) in [6.45, 7) is 4.23. The lowest BCUT2D eigenvalue weighted by atomic mass is 10.4. The van der Waals surface area contributed by atoms with E-state index >= 15 is 0 Å². The topological polar surface area (TPSA) is 43.8 Å². The highest BCUT2D eigenvalue weighted by Gasteiger charge is 2.18. The maximum Gasteiger partial charge on any atom is 0.232 e. The van der Waals surface area contributed by atoms with Crippen LogP contribution in [0.2, 0.25) is 5.02 Å². The van der Waals surface area contributed by atoms with Crippen LogP contribution < -0.4 is 0 Å². The zero-order chi connectivity index (χ0) is 15.1. The lowest BCUT2D eigenvalue weighted by Crippen LogP contribution is -2.36. The van der Waals surface area contributed by atoms with Gasteiger partial charge < -0.3 is 10.0 Å². The zero-order valence-corrected chi connectivity index (χ0v) is 13.6. The van der Waals surface area contributed by atoms with Crippen LogP contribution in [-0.4, -0.2) is 65.9 Å². The van der Waals surface area contributed by atoms with Crippen molar-refractivity contribution in [2.45, 2.75) is 11.3 Å². The minimum Gasteiger partial charge on any atom is -0.395 e.